The van der Waals surface area contributed by atoms with E-state index < -0.39 is 11.7 Å². The fourth-order valence-electron chi connectivity index (χ4n) is 2.58. The molecule has 0 aliphatic heterocycles. The first-order valence-electron chi connectivity index (χ1n) is 6.88. The van der Waals surface area contributed by atoms with Gasteiger partial charge in [0.1, 0.15) is 6.07 Å². The molecule has 108 valence electrons. The van der Waals surface area contributed by atoms with Gasteiger partial charge in [0.05, 0.1) is 16.8 Å². The lowest BCUT2D eigenvalue weighted by molar-refractivity contribution is -0.137. The molecule has 2 rings (SSSR count). The topological polar surface area (TPSA) is 35.8 Å². The normalized spacial score (nSPS) is 17.3. The molecule has 20 heavy (non-hydrogen) atoms. The van der Waals surface area contributed by atoms with E-state index in [4.69, 9.17) is 5.26 Å². The molecule has 0 heterocycles. The van der Waals surface area contributed by atoms with Crippen LogP contribution < -0.4 is 5.32 Å². The summed E-state index contributed by atoms with van der Waals surface area (Å²) in [6, 6.07) is 5.41. The van der Waals surface area contributed by atoms with Crippen molar-refractivity contribution in [2.75, 3.05) is 5.32 Å². The van der Waals surface area contributed by atoms with Gasteiger partial charge in [0.25, 0.3) is 0 Å². The number of alkyl halides is 3. The number of anilines is 1. The zero-order chi connectivity index (χ0) is 14.6. The van der Waals surface area contributed by atoms with Gasteiger partial charge in [0.15, 0.2) is 0 Å². The van der Waals surface area contributed by atoms with Gasteiger partial charge in [-0.1, -0.05) is 25.7 Å². The molecule has 0 amide bonds. The standard InChI is InChI=1S/C15H17F3N2/c16-15(17,18)12-7-8-14(11(9-12)10-19)20-13-5-3-1-2-4-6-13/h7-9,13,20H,1-6H2. The largest absolute Gasteiger partial charge is 0.416 e. The van der Waals surface area contributed by atoms with Crippen LogP contribution in [0.3, 0.4) is 0 Å². The Labute approximate surface area is 116 Å². The van der Waals surface area contributed by atoms with Gasteiger partial charge in [-0.05, 0) is 31.0 Å². The minimum atomic E-state index is -4.41. The van der Waals surface area contributed by atoms with Crippen molar-refractivity contribution in [2.24, 2.45) is 0 Å². The Morgan fingerprint density at radius 3 is 2.30 bits per heavy atom. The summed E-state index contributed by atoms with van der Waals surface area (Å²) < 4.78 is 37.9. The zero-order valence-electron chi connectivity index (χ0n) is 11.1. The second kappa shape index (κ2) is 6.17. The van der Waals surface area contributed by atoms with Crippen LogP contribution in [-0.2, 0) is 6.18 Å². The first kappa shape index (κ1) is 14.7. The van der Waals surface area contributed by atoms with Crippen LogP contribution in [0.5, 0.6) is 0 Å². The van der Waals surface area contributed by atoms with E-state index in [1.807, 2.05) is 6.07 Å². The molecule has 0 saturated heterocycles. The van der Waals surface area contributed by atoms with Crippen molar-refractivity contribution >= 4 is 5.69 Å². The molecule has 0 unspecified atom stereocenters. The van der Waals surface area contributed by atoms with Crippen molar-refractivity contribution in [1.82, 2.24) is 0 Å². The maximum absolute atomic E-state index is 12.6. The van der Waals surface area contributed by atoms with E-state index in [2.05, 4.69) is 5.32 Å². The highest BCUT2D eigenvalue weighted by molar-refractivity contribution is 5.59. The van der Waals surface area contributed by atoms with E-state index in [1.54, 1.807) is 0 Å². The highest BCUT2D eigenvalue weighted by atomic mass is 19.4. The summed E-state index contributed by atoms with van der Waals surface area (Å²) in [6.07, 6.45) is 2.26. The average Bonchev–Trinajstić information content (AvgIpc) is 2.66. The Hall–Kier alpha value is -1.70. The quantitative estimate of drug-likeness (QED) is 0.797. The Kier molecular flexibility index (Phi) is 4.53. The Bertz CT molecular complexity index is 495. The number of halogens is 3. The van der Waals surface area contributed by atoms with Crippen molar-refractivity contribution in [3.63, 3.8) is 0 Å². The second-order valence-corrected chi connectivity index (χ2v) is 5.20. The summed E-state index contributed by atoms with van der Waals surface area (Å²) in [5.74, 6) is 0. The number of nitriles is 1. The molecule has 1 aliphatic rings. The third-order valence-corrected chi connectivity index (χ3v) is 3.68. The highest BCUT2D eigenvalue weighted by Gasteiger charge is 2.31. The van der Waals surface area contributed by atoms with Crippen molar-refractivity contribution in [3.05, 3.63) is 29.3 Å². The van der Waals surface area contributed by atoms with Crippen LogP contribution in [-0.4, -0.2) is 6.04 Å². The lowest BCUT2D eigenvalue weighted by atomic mass is 10.1. The van der Waals surface area contributed by atoms with Gasteiger partial charge in [0.2, 0.25) is 0 Å². The van der Waals surface area contributed by atoms with Crippen LogP contribution in [0.25, 0.3) is 0 Å². The third kappa shape index (κ3) is 3.66. The fourth-order valence-corrected chi connectivity index (χ4v) is 2.58. The van der Waals surface area contributed by atoms with Crippen molar-refractivity contribution in [3.8, 4) is 6.07 Å². The summed E-state index contributed by atoms with van der Waals surface area (Å²) in [6.45, 7) is 0. The predicted molar refractivity (Wildman–Crippen MR) is 71.3 cm³/mol. The van der Waals surface area contributed by atoms with Crippen molar-refractivity contribution in [2.45, 2.75) is 50.7 Å². The molecule has 1 fully saturated rings. The summed E-state index contributed by atoms with van der Waals surface area (Å²) in [7, 11) is 0. The van der Waals surface area contributed by atoms with Crippen LogP contribution in [0.1, 0.15) is 49.7 Å². The van der Waals surface area contributed by atoms with Crippen LogP contribution in [0.4, 0.5) is 18.9 Å². The first-order chi connectivity index (χ1) is 9.50. The molecule has 0 atom stereocenters. The maximum atomic E-state index is 12.6. The predicted octanol–water partition coefficient (Wildman–Crippen LogP) is 4.71. The number of nitrogens with zero attached hydrogens (tertiary/aromatic N) is 1. The lowest BCUT2D eigenvalue weighted by Gasteiger charge is -2.19. The molecule has 1 aromatic carbocycles. The fraction of sp³-hybridized carbons (Fsp3) is 0.533. The van der Waals surface area contributed by atoms with E-state index in [-0.39, 0.29) is 11.6 Å². The molecule has 1 saturated carbocycles. The van der Waals surface area contributed by atoms with Crippen LogP contribution in [0, 0.1) is 11.3 Å². The smallest absolute Gasteiger partial charge is 0.381 e. The molecule has 1 aliphatic carbocycles. The summed E-state index contributed by atoms with van der Waals surface area (Å²) in [5, 5.41) is 12.3. The molecule has 1 aromatic rings. The number of hydrogen-bond donors (Lipinski definition) is 1. The number of nitrogens with one attached hydrogen (secondary N) is 1. The van der Waals surface area contributed by atoms with Gasteiger partial charge >= 0.3 is 6.18 Å². The van der Waals surface area contributed by atoms with Gasteiger partial charge in [-0.15, -0.1) is 0 Å². The second-order valence-electron chi connectivity index (χ2n) is 5.20. The van der Waals surface area contributed by atoms with Gasteiger partial charge in [-0.25, -0.2) is 0 Å². The monoisotopic (exact) mass is 282 g/mol. The van der Waals surface area contributed by atoms with Crippen molar-refractivity contribution in [1.29, 1.82) is 5.26 Å². The van der Waals surface area contributed by atoms with Crippen LogP contribution in [0.2, 0.25) is 0 Å². The molecule has 2 nitrogen and oxygen atoms in total. The zero-order valence-corrected chi connectivity index (χ0v) is 11.1. The Morgan fingerprint density at radius 1 is 1.10 bits per heavy atom. The van der Waals surface area contributed by atoms with E-state index in [0.717, 1.165) is 37.8 Å². The van der Waals surface area contributed by atoms with Gasteiger partial charge < -0.3 is 5.32 Å². The van der Waals surface area contributed by atoms with E-state index in [9.17, 15) is 13.2 Å². The van der Waals surface area contributed by atoms with Crippen molar-refractivity contribution < 1.29 is 13.2 Å². The number of hydrogen-bond acceptors (Lipinski definition) is 2. The Balaban J connectivity index is 2.17. The van der Waals surface area contributed by atoms with E-state index in [1.165, 1.54) is 18.9 Å². The number of benzene rings is 1. The van der Waals surface area contributed by atoms with Crippen LogP contribution >= 0.6 is 0 Å². The van der Waals surface area contributed by atoms with Crippen LogP contribution in [0.15, 0.2) is 18.2 Å². The van der Waals surface area contributed by atoms with E-state index >= 15 is 0 Å². The average molecular weight is 282 g/mol. The summed E-state index contributed by atoms with van der Waals surface area (Å²) in [5.41, 5.74) is -0.211. The first-order valence-corrected chi connectivity index (χ1v) is 6.88. The lowest BCUT2D eigenvalue weighted by Crippen LogP contribution is -2.19. The maximum Gasteiger partial charge on any atom is 0.416 e. The molecule has 0 spiro atoms. The molecule has 0 aromatic heterocycles. The molecule has 5 heteroatoms. The molecular formula is C15H17F3N2. The highest BCUT2D eigenvalue weighted by Crippen LogP contribution is 2.32. The summed E-state index contributed by atoms with van der Waals surface area (Å²) in [4.78, 5) is 0. The van der Waals surface area contributed by atoms with E-state index in [0.29, 0.717) is 5.69 Å². The molecular weight excluding hydrogens is 265 g/mol. The Morgan fingerprint density at radius 2 is 1.75 bits per heavy atom. The SMILES string of the molecule is N#Cc1cc(C(F)(F)F)ccc1NC1CCCCCC1. The summed E-state index contributed by atoms with van der Waals surface area (Å²) >= 11 is 0. The molecule has 0 bridgehead atoms. The third-order valence-electron chi connectivity index (χ3n) is 3.68. The van der Waals surface area contributed by atoms with Gasteiger partial charge in [-0.2, -0.15) is 18.4 Å². The minimum absolute atomic E-state index is 0.0593. The van der Waals surface area contributed by atoms with Gasteiger partial charge in [-0.3, -0.25) is 0 Å². The minimum Gasteiger partial charge on any atom is -0.381 e. The molecule has 0 radical (unpaired) electrons. The van der Waals surface area contributed by atoms with Gasteiger partial charge in [0, 0.05) is 6.04 Å². The molecule has 1 N–H and O–H groups in total. The number of rotatable bonds is 2.